The first-order valence-corrected chi connectivity index (χ1v) is 5.38. The first kappa shape index (κ1) is 12.7. The van der Waals surface area contributed by atoms with Crippen molar-refractivity contribution in [2.45, 2.75) is 27.2 Å². The molecule has 88 valence electrons. The van der Waals surface area contributed by atoms with Gasteiger partial charge in [-0.2, -0.15) is 0 Å². The second-order valence-corrected chi connectivity index (χ2v) is 5.14. The molecular formula is C13H18FNO. The van der Waals surface area contributed by atoms with Gasteiger partial charge < -0.3 is 5.32 Å². The second kappa shape index (κ2) is 5.10. The SMILES string of the molecule is CC(C)(C)CNC(=O)Cc1ccc(F)cc1. The minimum Gasteiger partial charge on any atom is -0.355 e. The molecule has 0 aromatic heterocycles. The third kappa shape index (κ3) is 4.91. The van der Waals surface area contributed by atoms with Gasteiger partial charge >= 0.3 is 0 Å². The van der Waals surface area contributed by atoms with Crippen LogP contribution in [0.4, 0.5) is 4.39 Å². The zero-order valence-electron chi connectivity index (χ0n) is 10.0. The van der Waals surface area contributed by atoms with Crippen LogP contribution in [-0.2, 0) is 11.2 Å². The summed E-state index contributed by atoms with van der Waals surface area (Å²) < 4.78 is 12.6. The Kier molecular flexibility index (Phi) is 4.05. The standard InChI is InChI=1S/C13H18FNO/c1-13(2,3)9-15-12(16)8-10-4-6-11(14)7-5-10/h4-7H,8-9H2,1-3H3,(H,15,16). The fourth-order valence-corrected chi connectivity index (χ4v) is 1.21. The van der Waals surface area contributed by atoms with Crippen LogP contribution >= 0.6 is 0 Å². The number of rotatable bonds is 3. The minimum atomic E-state index is -0.279. The largest absolute Gasteiger partial charge is 0.355 e. The number of halogens is 1. The lowest BCUT2D eigenvalue weighted by Gasteiger charge is -2.18. The molecule has 0 atom stereocenters. The number of amides is 1. The number of nitrogens with one attached hydrogen (secondary N) is 1. The van der Waals surface area contributed by atoms with Gasteiger partial charge in [0.25, 0.3) is 0 Å². The average molecular weight is 223 g/mol. The molecule has 0 saturated carbocycles. The van der Waals surface area contributed by atoms with Gasteiger partial charge in [-0.25, -0.2) is 4.39 Å². The van der Waals surface area contributed by atoms with Gasteiger partial charge in [0.2, 0.25) is 5.91 Å². The molecule has 0 heterocycles. The summed E-state index contributed by atoms with van der Waals surface area (Å²) in [5.74, 6) is -0.305. The highest BCUT2D eigenvalue weighted by molar-refractivity contribution is 5.78. The quantitative estimate of drug-likeness (QED) is 0.838. The molecule has 0 fully saturated rings. The number of hydrogen-bond acceptors (Lipinski definition) is 1. The molecule has 2 nitrogen and oxygen atoms in total. The first-order chi connectivity index (χ1) is 7.37. The highest BCUT2D eigenvalue weighted by Gasteiger charge is 2.11. The van der Waals surface area contributed by atoms with E-state index in [1.54, 1.807) is 12.1 Å². The molecular weight excluding hydrogens is 205 g/mol. The Morgan fingerprint density at radius 1 is 1.25 bits per heavy atom. The molecule has 1 rings (SSSR count). The van der Waals surface area contributed by atoms with Crippen LogP contribution in [0.5, 0.6) is 0 Å². The maximum Gasteiger partial charge on any atom is 0.224 e. The van der Waals surface area contributed by atoms with Gasteiger partial charge in [0.15, 0.2) is 0 Å². The molecule has 3 heteroatoms. The van der Waals surface area contributed by atoms with Crippen LogP contribution in [0, 0.1) is 11.2 Å². The minimum absolute atomic E-state index is 0.0264. The zero-order chi connectivity index (χ0) is 12.2. The van der Waals surface area contributed by atoms with E-state index in [0.29, 0.717) is 13.0 Å². The van der Waals surface area contributed by atoms with Gasteiger partial charge in [-0.1, -0.05) is 32.9 Å². The van der Waals surface area contributed by atoms with Crippen LogP contribution in [0.15, 0.2) is 24.3 Å². The molecule has 0 radical (unpaired) electrons. The summed E-state index contributed by atoms with van der Waals surface area (Å²) >= 11 is 0. The summed E-state index contributed by atoms with van der Waals surface area (Å²) in [6.45, 7) is 6.83. The van der Waals surface area contributed by atoms with E-state index in [4.69, 9.17) is 0 Å². The molecule has 0 aliphatic rings. The highest BCUT2D eigenvalue weighted by Crippen LogP contribution is 2.10. The van der Waals surface area contributed by atoms with Crippen LogP contribution in [-0.4, -0.2) is 12.5 Å². The van der Waals surface area contributed by atoms with Crippen molar-refractivity contribution in [3.63, 3.8) is 0 Å². The van der Waals surface area contributed by atoms with E-state index in [1.165, 1.54) is 12.1 Å². The molecule has 1 aromatic rings. The Morgan fingerprint density at radius 3 is 2.31 bits per heavy atom. The fraction of sp³-hybridized carbons (Fsp3) is 0.462. The van der Waals surface area contributed by atoms with Crippen LogP contribution in [0.2, 0.25) is 0 Å². The normalized spacial score (nSPS) is 11.2. The summed E-state index contributed by atoms with van der Waals surface area (Å²) in [4.78, 5) is 11.5. The van der Waals surface area contributed by atoms with E-state index in [0.717, 1.165) is 5.56 Å². The van der Waals surface area contributed by atoms with Gasteiger partial charge in [-0.05, 0) is 23.1 Å². The number of hydrogen-bond donors (Lipinski definition) is 1. The molecule has 0 aliphatic carbocycles. The third-order valence-corrected chi connectivity index (χ3v) is 2.09. The number of benzene rings is 1. The Balaban J connectivity index is 2.43. The Hall–Kier alpha value is -1.38. The van der Waals surface area contributed by atoms with E-state index in [9.17, 15) is 9.18 Å². The lowest BCUT2D eigenvalue weighted by molar-refractivity contribution is -0.120. The summed E-state index contributed by atoms with van der Waals surface area (Å²) in [7, 11) is 0. The van der Waals surface area contributed by atoms with Crippen molar-refractivity contribution in [1.29, 1.82) is 0 Å². The van der Waals surface area contributed by atoms with Crippen molar-refractivity contribution in [1.82, 2.24) is 5.32 Å². The number of carbonyl (C=O) groups is 1. The zero-order valence-corrected chi connectivity index (χ0v) is 10.0. The van der Waals surface area contributed by atoms with E-state index in [1.807, 2.05) is 0 Å². The molecule has 1 amide bonds. The maximum absolute atomic E-state index is 12.6. The van der Waals surface area contributed by atoms with E-state index in [-0.39, 0.29) is 17.1 Å². The van der Waals surface area contributed by atoms with E-state index < -0.39 is 0 Å². The molecule has 1 aromatic carbocycles. The summed E-state index contributed by atoms with van der Waals surface area (Å²) in [6.07, 6.45) is 0.302. The molecule has 16 heavy (non-hydrogen) atoms. The van der Waals surface area contributed by atoms with Crippen LogP contribution in [0.3, 0.4) is 0 Å². The Labute approximate surface area is 95.9 Å². The highest BCUT2D eigenvalue weighted by atomic mass is 19.1. The third-order valence-electron chi connectivity index (χ3n) is 2.09. The topological polar surface area (TPSA) is 29.1 Å². The number of carbonyl (C=O) groups excluding carboxylic acids is 1. The predicted octanol–water partition coefficient (Wildman–Crippen LogP) is 2.53. The van der Waals surface area contributed by atoms with Crippen LogP contribution in [0.1, 0.15) is 26.3 Å². The first-order valence-electron chi connectivity index (χ1n) is 5.38. The lowest BCUT2D eigenvalue weighted by atomic mass is 9.97. The van der Waals surface area contributed by atoms with Crippen molar-refractivity contribution >= 4 is 5.91 Å². The van der Waals surface area contributed by atoms with E-state index >= 15 is 0 Å². The summed E-state index contributed by atoms with van der Waals surface area (Å²) in [5, 5.41) is 2.85. The van der Waals surface area contributed by atoms with Gasteiger partial charge in [0, 0.05) is 6.54 Å². The van der Waals surface area contributed by atoms with Gasteiger partial charge in [-0.3, -0.25) is 4.79 Å². The van der Waals surface area contributed by atoms with Crippen molar-refractivity contribution in [3.05, 3.63) is 35.6 Å². The molecule has 0 aliphatic heterocycles. The van der Waals surface area contributed by atoms with Crippen molar-refractivity contribution in [3.8, 4) is 0 Å². The fourth-order valence-electron chi connectivity index (χ4n) is 1.21. The Bertz CT molecular complexity index is 351. The van der Waals surface area contributed by atoms with Gasteiger partial charge in [0.05, 0.1) is 6.42 Å². The van der Waals surface area contributed by atoms with Gasteiger partial charge in [-0.15, -0.1) is 0 Å². The average Bonchev–Trinajstić information content (AvgIpc) is 2.18. The van der Waals surface area contributed by atoms with E-state index in [2.05, 4.69) is 26.1 Å². The van der Waals surface area contributed by atoms with Crippen molar-refractivity contribution < 1.29 is 9.18 Å². The van der Waals surface area contributed by atoms with Crippen LogP contribution < -0.4 is 5.32 Å². The Morgan fingerprint density at radius 2 is 1.81 bits per heavy atom. The van der Waals surface area contributed by atoms with Crippen LogP contribution in [0.25, 0.3) is 0 Å². The lowest BCUT2D eigenvalue weighted by Crippen LogP contribution is -2.33. The smallest absolute Gasteiger partial charge is 0.224 e. The summed E-state index contributed by atoms with van der Waals surface area (Å²) in [5.41, 5.74) is 0.908. The molecule has 1 N–H and O–H groups in total. The monoisotopic (exact) mass is 223 g/mol. The summed E-state index contributed by atoms with van der Waals surface area (Å²) in [6, 6.07) is 6.00. The van der Waals surface area contributed by atoms with Crippen molar-refractivity contribution in [2.24, 2.45) is 5.41 Å². The molecule has 0 saturated heterocycles. The molecule has 0 unspecified atom stereocenters. The van der Waals surface area contributed by atoms with Crippen molar-refractivity contribution in [2.75, 3.05) is 6.54 Å². The molecule has 0 bridgehead atoms. The second-order valence-electron chi connectivity index (χ2n) is 5.14. The molecule has 0 spiro atoms. The van der Waals surface area contributed by atoms with Gasteiger partial charge in [0.1, 0.15) is 5.82 Å². The predicted molar refractivity (Wildman–Crippen MR) is 62.6 cm³/mol. The maximum atomic E-state index is 12.6.